The van der Waals surface area contributed by atoms with E-state index in [4.69, 9.17) is 0 Å². The van der Waals surface area contributed by atoms with Crippen molar-refractivity contribution >= 4 is 35.8 Å². The Labute approximate surface area is 169 Å². The molecule has 0 unspecified atom stereocenters. The van der Waals surface area contributed by atoms with Crippen molar-refractivity contribution in [2.45, 2.75) is 46.6 Å². The highest BCUT2D eigenvalue weighted by molar-refractivity contribution is 14.0. The zero-order valence-electron chi connectivity index (χ0n) is 15.7. The number of nitrogens with zero attached hydrogens (tertiary/aromatic N) is 1. The van der Waals surface area contributed by atoms with Gasteiger partial charge in [-0.1, -0.05) is 44.2 Å². The normalized spacial score (nSPS) is 11.0. The number of hydrogen-bond acceptors (Lipinski definition) is 2. The molecule has 1 aromatic carbocycles. The van der Waals surface area contributed by atoms with Gasteiger partial charge in [0.05, 0.1) is 0 Å². The van der Waals surface area contributed by atoms with Gasteiger partial charge < -0.3 is 16.0 Å². The summed E-state index contributed by atoms with van der Waals surface area (Å²) in [6.07, 6.45) is 2.71. The molecule has 0 saturated carbocycles. The van der Waals surface area contributed by atoms with Crippen LogP contribution in [0.5, 0.6) is 0 Å². The first-order chi connectivity index (χ1) is 11.6. The molecule has 0 saturated heterocycles. The van der Waals surface area contributed by atoms with E-state index in [0.29, 0.717) is 25.4 Å². The first-order valence-electron chi connectivity index (χ1n) is 8.94. The molecule has 6 heteroatoms. The molecule has 0 fully saturated rings. The van der Waals surface area contributed by atoms with Crippen LogP contribution in [0.3, 0.4) is 0 Å². The Balaban J connectivity index is 0.00000576. The lowest BCUT2D eigenvalue weighted by Gasteiger charge is -2.11. The van der Waals surface area contributed by atoms with Crippen LogP contribution in [-0.2, 0) is 11.3 Å². The largest absolute Gasteiger partial charge is 0.357 e. The summed E-state index contributed by atoms with van der Waals surface area (Å²) in [4.78, 5) is 16.4. The van der Waals surface area contributed by atoms with Crippen LogP contribution < -0.4 is 16.0 Å². The molecule has 0 aliphatic heterocycles. The van der Waals surface area contributed by atoms with Gasteiger partial charge in [0.15, 0.2) is 5.96 Å². The first kappa shape index (κ1) is 23.7. The molecular weight excluding hydrogens is 427 g/mol. The first-order valence-corrected chi connectivity index (χ1v) is 8.94. The molecule has 0 aliphatic carbocycles. The Hall–Kier alpha value is -1.31. The van der Waals surface area contributed by atoms with Gasteiger partial charge in [0, 0.05) is 32.6 Å². The highest BCUT2D eigenvalue weighted by Gasteiger charge is 2.03. The number of hydrogen-bond donors (Lipinski definition) is 3. The molecule has 0 heterocycles. The van der Waals surface area contributed by atoms with Crippen LogP contribution in [0.4, 0.5) is 0 Å². The molecule has 25 heavy (non-hydrogen) atoms. The number of guanidine groups is 1. The average Bonchev–Trinajstić information content (AvgIpc) is 2.57. The topological polar surface area (TPSA) is 65.5 Å². The van der Waals surface area contributed by atoms with Crippen molar-refractivity contribution in [2.75, 3.05) is 19.6 Å². The Morgan fingerprint density at radius 3 is 2.48 bits per heavy atom. The van der Waals surface area contributed by atoms with Crippen molar-refractivity contribution in [3.63, 3.8) is 0 Å². The second-order valence-corrected chi connectivity index (χ2v) is 6.24. The minimum atomic E-state index is 0. The maximum absolute atomic E-state index is 11.9. The number of rotatable bonds is 10. The molecule has 0 radical (unpaired) electrons. The summed E-state index contributed by atoms with van der Waals surface area (Å²) < 4.78 is 0. The molecule has 142 valence electrons. The van der Waals surface area contributed by atoms with Crippen LogP contribution in [-0.4, -0.2) is 31.5 Å². The molecule has 0 aromatic heterocycles. The second kappa shape index (κ2) is 15.0. The monoisotopic (exact) mass is 460 g/mol. The highest BCUT2D eigenvalue weighted by atomic mass is 127. The molecule has 0 atom stereocenters. The summed E-state index contributed by atoms with van der Waals surface area (Å²) in [6, 6.07) is 9.93. The van der Waals surface area contributed by atoms with E-state index in [9.17, 15) is 4.79 Å². The fourth-order valence-electron chi connectivity index (χ4n) is 2.21. The van der Waals surface area contributed by atoms with E-state index in [0.717, 1.165) is 31.0 Å². The van der Waals surface area contributed by atoms with Crippen molar-refractivity contribution in [1.82, 2.24) is 16.0 Å². The number of nitrogens with one attached hydrogen (secondary N) is 3. The Kier molecular flexibility index (Phi) is 14.2. The lowest BCUT2D eigenvalue weighted by atomic mass is 10.1. The van der Waals surface area contributed by atoms with Gasteiger partial charge in [0.1, 0.15) is 0 Å². The van der Waals surface area contributed by atoms with E-state index in [-0.39, 0.29) is 29.9 Å². The zero-order valence-corrected chi connectivity index (χ0v) is 18.0. The Morgan fingerprint density at radius 1 is 1.12 bits per heavy atom. The molecule has 3 N–H and O–H groups in total. The minimum Gasteiger partial charge on any atom is -0.357 e. The lowest BCUT2D eigenvalue weighted by molar-refractivity contribution is -0.121. The number of halogens is 1. The van der Waals surface area contributed by atoms with Crippen LogP contribution in [0, 0.1) is 5.92 Å². The van der Waals surface area contributed by atoms with E-state index in [1.165, 1.54) is 6.42 Å². The third-order valence-electron chi connectivity index (χ3n) is 3.53. The summed E-state index contributed by atoms with van der Waals surface area (Å²) in [6.45, 7) is 9.27. The molecular formula is C19H33IN4O. The summed E-state index contributed by atoms with van der Waals surface area (Å²) in [5.74, 6) is 1.54. The SMILES string of the molecule is CCNC(=NCCCC(C)C)NCCC(=O)NCc1ccccc1.I. The minimum absolute atomic E-state index is 0. The van der Waals surface area contributed by atoms with Crippen LogP contribution in [0.1, 0.15) is 45.6 Å². The zero-order chi connectivity index (χ0) is 17.6. The van der Waals surface area contributed by atoms with Gasteiger partial charge in [-0.3, -0.25) is 9.79 Å². The van der Waals surface area contributed by atoms with Gasteiger partial charge in [-0.05, 0) is 31.2 Å². The van der Waals surface area contributed by atoms with Gasteiger partial charge >= 0.3 is 0 Å². The fourth-order valence-corrected chi connectivity index (χ4v) is 2.21. The number of amides is 1. The summed E-state index contributed by atoms with van der Waals surface area (Å²) in [5.41, 5.74) is 1.11. The number of carbonyl (C=O) groups is 1. The van der Waals surface area contributed by atoms with Gasteiger partial charge in [-0.15, -0.1) is 24.0 Å². The smallest absolute Gasteiger partial charge is 0.222 e. The summed E-state index contributed by atoms with van der Waals surface area (Å²) >= 11 is 0. The molecule has 0 bridgehead atoms. The van der Waals surface area contributed by atoms with Crippen molar-refractivity contribution in [3.05, 3.63) is 35.9 Å². The van der Waals surface area contributed by atoms with E-state index in [2.05, 4.69) is 34.8 Å². The van der Waals surface area contributed by atoms with Crippen molar-refractivity contribution in [1.29, 1.82) is 0 Å². The molecule has 1 amide bonds. The number of aliphatic imine (C=N–C) groups is 1. The van der Waals surface area contributed by atoms with Crippen LogP contribution in [0.2, 0.25) is 0 Å². The molecule has 1 aromatic rings. The molecule has 0 aliphatic rings. The summed E-state index contributed by atoms with van der Waals surface area (Å²) in [7, 11) is 0. The molecule has 1 rings (SSSR count). The third kappa shape index (κ3) is 12.7. The number of benzene rings is 1. The summed E-state index contributed by atoms with van der Waals surface area (Å²) in [5, 5.41) is 9.36. The predicted octanol–water partition coefficient (Wildman–Crippen LogP) is 3.30. The standard InChI is InChI=1S/C19H32N4O.HI/c1-4-20-19(21-13-8-9-16(2)3)22-14-12-18(24)23-15-17-10-6-5-7-11-17;/h5-7,10-11,16H,4,8-9,12-15H2,1-3H3,(H,23,24)(H2,20,21,22);1H. The van der Waals surface area contributed by atoms with Crippen molar-refractivity contribution < 1.29 is 4.79 Å². The van der Waals surface area contributed by atoms with Gasteiger partial charge in [-0.25, -0.2) is 0 Å². The van der Waals surface area contributed by atoms with Crippen LogP contribution >= 0.6 is 24.0 Å². The van der Waals surface area contributed by atoms with E-state index >= 15 is 0 Å². The van der Waals surface area contributed by atoms with Crippen molar-refractivity contribution in [3.8, 4) is 0 Å². The van der Waals surface area contributed by atoms with Crippen molar-refractivity contribution in [2.24, 2.45) is 10.9 Å². The average molecular weight is 460 g/mol. The second-order valence-electron chi connectivity index (χ2n) is 6.24. The lowest BCUT2D eigenvalue weighted by Crippen LogP contribution is -2.39. The maximum Gasteiger partial charge on any atom is 0.222 e. The Bertz CT molecular complexity index is 491. The van der Waals surface area contributed by atoms with E-state index in [1.807, 2.05) is 37.3 Å². The highest BCUT2D eigenvalue weighted by Crippen LogP contribution is 2.02. The van der Waals surface area contributed by atoms with Gasteiger partial charge in [0.25, 0.3) is 0 Å². The van der Waals surface area contributed by atoms with Gasteiger partial charge in [0.2, 0.25) is 5.91 Å². The number of carbonyl (C=O) groups excluding carboxylic acids is 1. The van der Waals surface area contributed by atoms with E-state index in [1.54, 1.807) is 0 Å². The maximum atomic E-state index is 11.9. The molecule has 5 nitrogen and oxygen atoms in total. The van der Waals surface area contributed by atoms with E-state index < -0.39 is 0 Å². The van der Waals surface area contributed by atoms with Gasteiger partial charge in [-0.2, -0.15) is 0 Å². The third-order valence-corrected chi connectivity index (χ3v) is 3.53. The fraction of sp³-hybridized carbons (Fsp3) is 0.579. The van der Waals surface area contributed by atoms with Crippen LogP contribution in [0.25, 0.3) is 0 Å². The molecule has 0 spiro atoms. The Morgan fingerprint density at radius 2 is 1.84 bits per heavy atom. The van der Waals surface area contributed by atoms with Crippen LogP contribution in [0.15, 0.2) is 35.3 Å². The predicted molar refractivity (Wildman–Crippen MR) is 116 cm³/mol. The quantitative estimate of drug-likeness (QED) is 0.217.